The van der Waals surface area contributed by atoms with E-state index < -0.39 is 12.0 Å². The third-order valence-electron chi connectivity index (χ3n) is 6.31. The molecule has 0 unspecified atom stereocenters. The van der Waals surface area contributed by atoms with Gasteiger partial charge in [0.05, 0.1) is 13.0 Å². The molecule has 0 aromatic heterocycles. The minimum atomic E-state index is -0.916. The lowest BCUT2D eigenvalue weighted by atomic mass is 9.96. The summed E-state index contributed by atoms with van der Waals surface area (Å²) in [6, 6.07) is 18.1. The molecule has 7 heteroatoms. The summed E-state index contributed by atoms with van der Waals surface area (Å²) < 4.78 is 27.1. The maximum absolute atomic E-state index is 15.4. The summed E-state index contributed by atoms with van der Waals surface area (Å²) in [4.78, 5) is 13.6. The zero-order valence-corrected chi connectivity index (χ0v) is 20.6. The van der Waals surface area contributed by atoms with Crippen molar-refractivity contribution in [2.24, 2.45) is 5.73 Å². The molecule has 0 bridgehead atoms. The average molecular weight is 493 g/mol. The highest BCUT2D eigenvalue weighted by atomic mass is 19.1. The summed E-state index contributed by atoms with van der Waals surface area (Å²) in [6.45, 7) is 5.96. The van der Waals surface area contributed by atoms with E-state index >= 15 is 4.39 Å². The van der Waals surface area contributed by atoms with Gasteiger partial charge in [-0.15, -0.1) is 0 Å². The van der Waals surface area contributed by atoms with Crippen molar-refractivity contribution in [1.82, 2.24) is 4.90 Å². The number of aliphatic carboxylic acids is 1. The Labute approximate surface area is 211 Å². The quantitative estimate of drug-likeness (QED) is 0.440. The molecule has 0 spiro atoms. The fraction of sp³-hybridized carbons (Fsp3) is 0.345. The van der Waals surface area contributed by atoms with Gasteiger partial charge in [0.25, 0.3) is 0 Å². The highest BCUT2D eigenvalue weighted by molar-refractivity contribution is 5.71. The van der Waals surface area contributed by atoms with Crippen LogP contribution >= 0.6 is 0 Å². The van der Waals surface area contributed by atoms with Crippen LogP contribution in [0.2, 0.25) is 0 Å². The molecule has 1 atom stereocenters. The van der Waals surface area contributed by atoms with Crippen LogP contribution in [0.3, 0.4) is 0 Å². The van der Waals surface area contributed by atoms with Crippen LogP contribution in [-0.2, 0) is 29.1 Å². The molecule has 1 aliphatic heterocycles. The van der Waals surface area contributed by atoms with Crippen LogP contribution in [0.5, 0.6) is 5.75 Å². The van der Waals surface area contributed by atoms with E-state index in [0.717, 1.165) is 42.8 Å². The Morgan fingerprint density at radius 2 is 1.92 bits per heavy atom. The van der Waals surface area contributed by atoms with Crippen molar-refractivity contribution in [1.29, 1.82) is 0 Å². The highest BCUT2D eigenvalue weighted by Gasteiger charge is 2.16. The Bertz CT molecular complexity index is 1190. The zero-order valence-electron chi connectivity index (χ0n) is 20.6. The van der Waals surface area contributed by atoms with Crippen molar-refractivity contribution in [3.05, 3.63) is 88.7 Å². The third kappa shape index (κ3) is 6.69. The Morgan fingerprint density at radius 1 is 1.11 bits per heavy atom. The first-order valence-corrected chi connectivity index (χ1v) is 12.3. The van der Waals surface area contributed by atoms with Crippen LogP contribution in [0, 0.1) is 5.82 Å². The van der Waals surface area contributed by atoms with Gasteiger partial charge in [0.2, 0.25) is 0 Å². The number of carbonyl (C=O) groups is 1. The smallest absolute Gasteiger partial charge is 0.307 e. The second-order valence-corrected chi connectivity index (χ2v) is 9.24. The number of nitrogens with zero attached hydrogens (tertiary/aromatic N) is 1. The number of benzene rings is 3. The van der Waals surface area contributed by atoms with E-state index in [1.807, 2.05) is 24.3 Å². The maximum atomic E-state index is 15.4. The van der Waals surface area contributed by atoms with Crippen LogP contribution < -0.4 is 10.5 Å². The topological polar surface area (TPSA) is 85.0 Å². The number of carboxylic acid groups (broad SMARTS) is 1. The first-order valence-electron chi connectivity index (χ1n) is 12.3. The van der Waals surface area contributed by atoms with Crippen LogP contribution in [0.25, 0.3) is 11.1 Å². The van der Waals surface area contributed by atoms with E-state index in [1.165, 1.54) is 0 Å². The lowest BCUT2D eigenvalue weighted by molar-refractivity contribution is -0.136. The fourth-order valence-corrected chi connectivity index (χ4v) is 4.55. The number of halogens is 1. The molecule has 190 valence electrons. The number of ether oxygens (including phenoxy) is 2. The first kappa shape index (κ1) is 25.8. The van der Waals surface area contributed by atoms with Crippen molar-refractivity contribution in [2.75, 3.05) is 26.3 Å². The zero-order chi connectivity index (χ0) is 25.5. The van der Waals surface area contributed by atoms with Gasteiger partial charge in [-0.2, -0.15) is 0 Å². The summed E-state index contributed by atoms with van der Waals surface area (Å²) in [7, 11) is 0. The van der Waals surface area contributed by atoms with E-state index in [-0.39, 0.29) is 18.8 Å². The Hall–Kier alpha value is -3.26. The third-order valence-corrected chi connectivity index (χ3v) is 6.31. The molecule has 0 saturated carbocycles. The standard InChI is InChI=1S/C29H33FN2O4/c1-20(31)25-7-4-8-26(29(25)30)24-15-21(18-32-10-5-12-35-13-11-32)14-22(16-24)19-36-27-9-3-2-6-23(27)17-28(33)34/h2-4,6-9,14-16,20H,5,10-13,17-19,31H2,1H3,(H,33,34)/t20-/m1/s1. The normalized spacial score (nSPS) is 15.3. The van der Waals surface area contributed by atoms with Gasteiger partial charge in [0, 0.05) is 49.0 Å². The van der Waals surface area contributed by atoms with Gasteiger partial charge in [0.15, 0.2) is 0 Å². The summed E-state index contributed by atoms with van der Waals surface area (Å²) in [5.74, 6) is -0.700. The largest absolute Gasteiger partial charge is 0.489 e. The van der Waals surface area contributed by atoms with Crippen molar-refractivity contribution in [3.63, 3.8) is 0 Å². The van der Waals surface area contributed by atoms with Gasteiger partial charge in [-0.05, 0) is 48.2 Å². The van der Waals surface area contributed by atoms with Gasteiger partial charge in [-0.1, -0.05) is 42.5 Å². The number of carboxylic acids is 1. The number of hydrogen-bond donors (Lipinski definition) is 2. The van der Waals surface area contributed by atoms with E-state index in [1.54, 1.807) is 37.3 Å². The van der Waals surface area contributed by atoms with E-state index in [0.29, 0.717) is 35.6 Å². The molecule has 1 heterocycles. The second-order valence-electron chi connectivity index (χ2n) is 9.24. The predicted octanol–water partition coefficient (Wildman–Crippen LogP) is 4.94. The van der Waals surface area contributed by atoms with Crippen LogP contribution in [0.4, 0.5) is 4.39 Å². The molecular formula is C29H33FN2O4. The fourth-order valence-electron chi connectivity index (χ4n) is 4.55. The van der Waals surface area contributed by atoms with Gasteiger partial charge in [-0.3, -0.25) is 9.69 Å². The van der Waals surface area contributed by atoms with Gasteiger partial charge >= 0.3 is 5.97 Å². The first-order chi connectivity index (χ1) is 17.4. The molecular weight excluding hydrogens is 459 g/mol. The number of para-hydroxylation sites is 1. The molecule has 1 saturated heterocycles. The van der Waals surface area contributed by atoms with E-state index in [9.17, 15) is 9.90 Å². The SMILES string of the molecule is C[C@@H](N)c1cccc(-c2cc(COc3ccccc3CC(=O)O)cc(CN3CCCOCC3)c2)c1F. The predicted molar refractivity (Wildman–Crippen MR) is 137 cm³/mol. The minimum absolute atomic E-state index is 0.117. The van der Waals surface area contributed by atoms with E-state index in [2.05, 4.69) is 11.0 Å². The molecule has 1 aliphatic rings. The molecule has 36 heavy (non-hydrogen) atoms. The van der Waals surface area contributed by atoms with Crippen LogP contribution in [-0.4, -0.2) is 42.3 Å². The summed E-state index contributed by atoms with van der Waals surface area (Å²) in [5.41, 5.74) is 10.3. The summed E-state index contributed by atoms with van der Waals surface area (Å²) >= 11 is 0. The molecule has 0 radical (unpaired) electrons. The number of hydrogen-bond acceptors (Lipinski definition) is 5. The molecule has 3 N–H and O–H groups in total. The molecule has 0 aliphatic carbocycles. The van der Waals surface area contributed by atoms with Crippen molar-refractivity contribution in [3.8, 4) is 16.9 Å². The Morgan fingerprint density at radius 3 is 2.72 bits per heavy atom. The Kier molecular flexibility index (Phi) is 8.70. The van der Waals surface area contributed by atoms with Crippen LogP contribution in [0.1, 0.15) is 41.6 Å². The molecule has 6 nitrogen and oxygen atoms in total. The highest BCUT2D eigenvalue weighted by Crippen LogP contribution is 2.30. The number of rotatable bonds is 9. The molecule has 4 rings (SSSR count). The van der Waals surface area contributed by atoms with Gasteiger partial charge < -0.3 is 20.3 Å². The Balaban J connectivity index is 1.66. The lowest BCUT2D eigenvalue weighted by Gasteiger charge is -2.21. The van der Waals surface area contributed by atoms with Crippen molar-refractivity contribution in [2.45, 2.75) is 39.0 Å². The van der Waals surface area contributed by atoms with Crippen molar-refractivity contribution < 1.29 is 23.8 Å². The maximum Gasteiger partial charge on any atom is 0.307 e. The van der Waals surface area contributed by atoms with Crippen LogP contribution in [0.15, 0.2) is 60.7 Å². The lowest BCUT2D eigenvalue weighted by Crippen LogP contribution is -2.25. The molecule has 0 amide bonds. The van der Waals surface area contributed by atoms with Gasteiger partial charge in [0.1, 0.15) is 18.2 Å². The molecule has 1 fully saturated rings. The molecule has 3 aromatic rings. The average Bonchev–Trinajstić information content (AvgIpc) is 3.11. The summed E-state index contributed by atoms with van der Waals surface area (Å²) in [6.07, 6.45) is 0.856. The van der Waals surface area contributed by atoms with Crippen molar-refractivity contribution >= 4 is 5.97 Å². The minimum Gasteiger partial charge on any atom is -0.489 e. The monoisotopic (exact) mass is 492 g/mol. The molecule has 3 aromatic carbocycles. The van der Waals surface area contributed by atoms with Gasteiger partial charge in [-0.25, -0.2) is 4.39 Å². The number of nitrogens with two attached hydrogens (primary N) is 1. The van der Waals surface area contributed by atoms with E-state index in [4.69, 9.17) is 15.2 Å². The second kappa shape index (κ2) is 12.1. The summed E-state index contributed by atoms with van der Waals surface area (Å²) in [5, 5.41) is 9.23.